The molecule has 0 radical (unpaired) electrons. The summed E-state index contributed by atoms with van der Waals surface area (Å²) in [6.07, 6.45) is 4.85. The molecule has 116 valence electrons. The van der Waals surface area contributed by atoms with Crippen LogP contribution in [-0.2, 0) is 6.42 Å². The summed E-state index contributed by atoms with van der Waals surface area (Å²) >= 11 is 0. The zero-order valence-corrected chi connectivity index (χ0v) is 13.4. The van der Waals surface area contributed by atoms with Gasteiger partial charge in [-0.05, 0) is 42.7 Å². The van der Waals surface area contributed by atoms with Gasteiger partial charge in [0.05, 0.1) is 19.8 Å². The van der Waals surface area contributed by atoms with Crippen molar-refractivity contribution in [3.63, 3.8) is 0 Å². The van der Waals surface area contributed by atoms with Crippen molar-refractivity contribution in [2.45, 2.75) is 19.4 Å². The Morgan fingerprint density at radius 2 is 1.59 bits per heavy atom. The van der Waals surface area contributed by atoms with Crippen LogP contribution >= 0.6 is 0 Å². The van der Waals surface area contributed by atoms with E-state index in [1.165, 1.54) is 0 Å². The Labute approximate surface area is 132 Å². The summed E-state index contributed by atoms with van der Waals surface area (Å²) < 4.78 is 11.1. The Balaban J connectivity index is 2.39. The lowest BCUT2D eigenvalue weighted by molar-refractivity contribution is 0.391. The molecule has 22 heavy (non-hydrogen) atoms. The fourth-order valence-electron chi connectivity index (χ4n) is 2.39. The number of methoxy groups -OCH3 is 2. The van der Waals surface area contributed by atoms with Crippen molar-refractivity contribution in [2.75, 3.05) is 14.2 Å². The Morgan fingerprint density at radius 1 is 1.00 bits per heavy atom. The van der Waals surface area contributed by atoms with Crippen molar-refractivity contribution in [1.29, 1.82) is 0 Å². The number of ether oxygens (including phenoxy) is 2. The van der Waals surface area contributed by atoms with Crippen molar-refractivity contribution < 1.29 is 9.47 Å². The highest BCUT2D eigenvalue weighted by Crippen LogP contribution is 2.32. The second kappa shape index (κ2) is 7.66. The summed E-state index contributed by atoms with van der Waals surface area (Å²) in [7, 11) is 3.34. The SMILES string of the molecule is COc1cc(CC(C)N)cc(OC)c1/C=C\c1ccccc1. The highest BCUT2D eigenvalue weighted by molar-refractivity contribution is 5.76. The van der Waals surface area contributed by atoms with E-state index >= 15 is 0 Å². The van der Waals surface area contributed by atoms with E-state index in [0.717, 1.165) is 34.6 Å². The standard InChI is InChI=1S/C19H23NO2/c1-14(20)11-16-12-18(21-2)17(19(13-16)22-3)10-9-15-7-5-4-6-8-15/h4-10,12-14H,11,20H2,1-3H3/b10-9-. The van der Waals surface area contributed by atoms with Gasteiger partial charge < -0.3 is 15.2 Å². The van der Waals surface area contributed by atoms with Crippen molar-refractivity contribution in [3.05, 3.63) is 59.2 Å². The first kappa shape index (κ1) is 16.1. The Morgan fingerprint density at radius 3 is 2.09 bits per heavy atom. The minimum atomic E-state index is 0.0973. The second-order valence-electron chi connectivity index (χ2n) is 5.34. The molecule has 1 unspecified atom stereocenters. The van der Waals surface area contributed by atoms with Gasteiger partial charge in [-0.3, -0.25) is 0 Å². The van der Waals surface area contributed by atoms with Gasteiger partial charge >= 0.3 is 0 Å². The Bertz CT molecular complexity index is 608. The van der Waals surface area contributed by atoms with E-state index in [2.05, 4.69) is 12.1 Å². The maximum Gasteiger partial charge on any atom is 0.130 e. The maximum atomic E-state index is 5.88. The van der Waals surface area contributed by atoms with Crippen LogP contribution in [0.1, 0.15) is 23.6 Å². The van der Waals surface area contributed by atoms with E-state index in [4.69, 9.17) is 15.2 Å². The van der Waals surface area contributed by atoms with Gasteiger partial charge in [0.15, 0.2) is 0 Å². The van der Waals surface area contributed by atoms with E-state index < -0.39 is 0 Å². The third-order valence-corrected chi connectivity index (χ3v) is 3.40. The van der Waals surface area contributed by atoms with Gasteiger partial charge in [-0.1, -0.05) is 36.4 Å². The lowest BCUT2D eigenvalue weighted by Crippen LogP contribution is -2.17. The molecule has 0 saturated carbocycles. The normalized spacial score (nSPS) is 12.4. The molecule has 3 heteroatoms. The van der Waals surface area contributed by atoms with Gasteiger partial charge in [0.2, 0.25) is 0 Å². The zero-order valence-electron chi connectivity index (χ0n) is 13.4. The predicted octanol–water partition coefficient (Wildman–Crippen LogP) is 3.76. The van der Waals surface area contributed by atoms with Crippen LogP contribution < -0.4 is 15.2 Å². The molecule has 0 aromatic heterocycles. The van der Waals surface area contributed by atoms with E-state index in [1.54, 1.807) is 14.2 Å². The van der Waals surface area contributed by atoms with Crippen molar-refractivity contribution in [3.8, 4) is 11.5 Å². The Kier molecular flexibility index (Phi) is 5.61. The lowest BCUT2D eigenvalue weighted by atomic mass is 10.0. The van der Waals surface area contributed by atoms with Gasteiger partial charge in [0.25, 0.3) is 0 Å². The van der Waals surface area contributed by atoms with E-state index in [-0.39, 0.29) is 6.04 Å². The number of hydrogen-bond acceptors (Lipinski definition) is 3. The predicted molar refractivity (Wildman–Crippen MR) is 92.3 cm³/mol. The van der Waals surface area contributed by atoms with Crippen LogP contribution in [0.4, 0.5) is 0 Å². The van der Waals surface area contributed by atoms with Crippen molar-refractivity contribution in [1.82, 2.24) is 0 Å². The van der Waals surface area contributed by atoms with Gasteiger partial charge in [0, 0.05) is 6.04 Å². The molecule has 0 amide bonds. The molecule has 2 aromatic rings. The van der Waals surface area contributed by atoms with Gasteiger partial charge in [0.1, 0.15) is 11.5 Å². The summed E-state index contributed by atoms with van der Waals surface area (Å²) in [5, 5.41) is 0. The van der Waals surface area contributed by atoms with Crippen LogP contribution in [0.25, 0.3) is 12.2 Å². The van der Waals surface area contributed by atoms with Crippen LogP contribution in [0.5, 0.6) is 11.5 Å². The molecule has 0 saturated heterocycles. The first-order chi connectivity index (χ1) is 10.6. The smallest absolute Gasteiger partial charge is 0.130 e. The first-order valence-electron chi connectivity index (χ1n) is 7.37. The molecule has 0 aliphatic heterocycles. The molecule has 3 nitrogen and oxygen atoms in total. The van der Waals surface area contributed by atoms with Gasteiger partial charge in [-0.15, -0.1) is 0 Å². The molecule has 2 N–H and O–H groups in total. The van der Waals surface area contributed by atoms with Crippen LogP contribution in [0, 0.1) is 0 Å². The largest absolute Gasteiger partial charge is 0.496 e. The Hall–Kier alpha value is -2.26. The fraction of sp³-hybridized carbons (Fsp3) is 0.263. The lowest BCUT2D eigenvalue weighted by Gasteiger charge is -2.14. The fourth-order valence-corrected chi connectivity index (χ4v) is 2.39. The summed E-state index contributed by atoms with van der Waals surface area (Å²) in [6, 6.07) is 14.3. The third-order valence-electron chi connectivity index (χ3n) is 3.40. The molecule has 1 atom stereocenters. The number of benzene rings is 2. The molecule has 2 aromatic carbocycles. The summed E-state index contributed by atoms with van der Waals surface area (Å²) in [5.41, 5.74) is 9.06. The highest BCUT2D eigenvalue weighted by Gasteiger charge is 2.11. The molecule has 0 bridgehead atoms. The molecule has 2 rings (SSSR count). The van der Waals surface area contributed by atoms with Gasteiger partial charge in [-0.25, -0.2) is 0 Å². The highest BCUT2D eigenvalue weighted by atomic mass is 16.5. The maximum absolute atomic E-state index is 5.88. The summed E-state index contributed by atoms with van der Waals surface area (Å²) in [4.78, 5) is 0. The third kappa shape index (κ3) is 4.12. The molecular weight excluding hydrogens is 274 g/mol. The van der Waals surface area contributed by atoms with E-state index in [1.807, 2.05) is 49.4 Å². The molecular formula is C19H23NO2. The topological polar surface area (TPSA) is 44.5 Å². The second-order valence-corrected chi connectivity index (χ2v) is 5.34. The minimum Gasteiger partial charge on any atom is -0.496 e. The van der Waals surface area contributed by atoms with Crippen molar-refractivity contribution >= 4 is 12.2 Å². The van der Waals surface area contributed by atoms with Gasteiger partial charge in [-0.2, -0.15) is 0 Å². The number of hydrogen-bond donors (Lipinski definition) is 1. The average molecular weight is 297 g/mol. The molecule has 0 fully saturated rings. The van der Waals surface area contributed by atoms with Crippen molar-refractivity contribution in [2.24, 2.45) is 5.73 Å². The van der Waals surface area contributed by atoms with Crippen LogP contribution in [0.15, 0.2) is 42.5 Å². The quantitative estimate of drug-likeness (QED) is 0.826. The van der Waals surface area contributed by atoms with Crippen LogP contribution in [0.2, 0.25) is 0 Å². The molecule has 0 aliphatic rings. The molecule has 0 heterocycles. The summed E-state index contributed by atoms with van der Waals surface area (Å²) in [5.74, 6) is 1.59. The average Bonchev–Trinajstić information content (AvgIpc) is 2.53. The van der Waals surface area contributed by atoms with Crippen LogP contribution in [0.3, 0.4) is 0 Å². The molecule has 0 spiro atoms. The van der Waals surface area contributed by atoms with Crippen LogP contribution in [-0.4, -0.2) is 20.3 Å². The van der Waals surface area contributed by atoms with E-state index in [9.17, 15) is 0 Å². The number of rotatable bonds is 6. The zero-order chi connectivity index (χ0) is 15.9. The monoisotopic (exact) mass is 297 g/mol. The van der Waals surface area contributed by atoms with E-state index in [0.29, 0.717) is 0 Å². The number of nitrogens with two attached hydrogens (primary N) is 1. The minimum absolute atomic E-state index is 0.0973. The first-order valence-corrected chi connectivity index (χ1v) is 7.37. The molecule has 0 aliphatic carbocycles. The summed E-state index contributed by atoms with van der Waals surface area (Å²) in [6.45, 7) is 1.99.